The van der Waals surface area contributed by atoms with Crippen molar-refractivity contribution in [1.29, 1.82) is 0 Å². The molecule has 5 heteroatoms. The molecule has 0 spiro atoms. The summed E-state index contributed by atoms with van der Waals surface area (Å²) in [6.07, 6.45) is 2.02. The maximum absolute atomic E-state index is 12.5. The van der Waals surface area contributed by atoms with Gasteiger partial charge in [-0.05, 0) is 28.8 Å². The minimum absolute atomic E-state index is 0.0614. The number of nitrogens with one attached hydrogen (secondary N) is 2. The Morgan fingerprint density at radius 2 is 1.83 bits per heavy atom. The van der Waals surface area contributed by atoms with Gasteiger partial charge in [-0.25, -0.2) is 0 Å². The van der Waals surface area contributed by atoms with Crippen molar-refractivity contribution < 1.29 is 4.79 Å². The number of para-hydroxylation sites is 1. The maximum atomic E-state index is 12.5. The second-order valence-electron chi connectivity index (χ2n) is 6.07. The molecule has 2 heterocycles. The van der Waals surface area contributed by atoms with Gasteiger partial charge in [0, 0.05) is 18.4 Å². The van der Waals surface area contributed by atoms with Crippen LogP contribution in [0.15, 0.2) is 60.8 Å². The van der Waals surface area contributed by atoms with E-state index in [1.165, 1.54) is 0 Å². The van der Waals surface area contributed by atoms with Gasteiger partial charge in [0.15, 0.2) is 0 Å². The lowest BCUT2D eigenvalue weighted by atomic mass is 9.91. The molecule has 0 saturated carbocycles. The third-order valence-corrected chi connectivity index (χ3v) is 4.66. The van der Waals surface area contributed by atoms with E-state index in [2.05, 4.69) is 33.9 Å². The first-order chi connectivity index (χ1) is 11.8. The number of benzene rings is 2. The van der Waals surface area contributed by atoms with Crippen molar-refractivity contribution in [3.05, 3.63) is 71.9 Å². The summed E-state index contributed by atoms with van der Waals surface area (Å²) in [4.78, 5) is 14.7. The molecule has 2 unspecified atom stereocenters. The minimum atomic E-state index is -0.234. The summed E-state index contributed by atoms with van der Waals surface area (Å²) in [6, 6.07) is 18.3. The zero-order valence-corrected chi connectivity index (χ0v) is 13.3. The first kappa shape index (κ1) is 14.9. The predicted octanol–water partition coefficient (Wildman–Crippen LogP) is 1.63. The van der Waals surface area contributed by atoms with E-state index in [1.807, 2.05) is 42.5 Å². The van der Waals surface area contributed by atoms with Crippen LogP contribution in [0.2, 0.25) is 0 Å². The average molecular weight is 320 g/mol. The van der Waals surface area contributed by atoms with Crippen LogP contribution in [0.4, 0.5) is 5.69 Å². The standard InChI is InChI=1S/C19H20N4O/c20-10-13-6-8-14(9-7-13)16-11-23(15-4-2-1-3-5-15)18-17(16)19(24)22-12-21-18/h1-9,11,17-18,21H,10,12,20H2,(H,22,24). The molecule has 4 rings (SSSR count). The van der Waals surface area contributed by atoms with Crippen LogP contribution >= 0.6 is 0 Å². The fourth-order valence-corrected chi connectivity index (χ4v) is 3.42. The molecule has 5 nitrogen and oxygen atoms in total. The molecule has 1 saturated heterocycles. The van der Waals surface area contributed by atoms with E-state index in [4.69, 9.17) is 5.73 Å². The molecule has 122 valence electrons. The molecule has 24 heavy (non-hydrogen) atoms. The third kappa shape index (κ3) is 2.48. The van der Waals surface area contributed by atoms with Crippen molar-refractivity contribution in [2.75, 3.05) is 11.6 Å². The quantitative estimate of drug-likeness (QED) is 0.804. The monoisotopic (exact) mass is 320 g/mol. The number of carbonyl (C=O) groups excluding carboxylic acids is 1. The van der Waals surface area contributed by atoms with E-state index < -0.39 is 0 Å². The zero-order valence-electron chi connectivity index (χ0n) is 13.3. The number of anilines is 1. The molecule has 2 aromatic carbocycles. The number of nitrogens with two attached hydrogens (primary N) is 1. The Bertz CT molecular complexity index is 770. The zero-order chi connectivity index (χ0) is 16.5. The van der Waals surface area contributed by atoms with Crippen LogP contribution < -0.4 is 21.3 Å². The molecule has 2 atom stereocenters. The van der Waals surface area contributed by atoms with Gasteiger partial charge in [-0.15, -0.1) is 0 Å². The molecule has 0 aliphatic carbocycles. The summed E-state index contributed by atoms with van der Waals surface area (Å²) >= 11 is 0. The fraction of sp³-hybridized carbons (Fsp3) is 0.211. The second kappa shape index (κ2) is 6.11. The van der Waals surface area contributed by atoms with Crippen molar-refractivity contribution in [1.82, 2.24) is 10.6 Å². The highest BCUT2D eigenvalue weighted by atomic mass is 16.2. The van der Waals surface area contributed by atoms with E-state index in [0.29, 0.717) is 13.2 Å². The Hall–Kier alpha value is -2.63. The molecule has 2 aliphatic rings. The summed E-state index contributed by atoms with van der Waals surface area (Å²) < 4.78 is 0. The summed E-state index contributed by atoms with van der Waals surface area (Å²) in [5.41, 5.74) is 9.92. The van der Waals surface area contributed by atoms with Crippen LogP contribution in [0.5, 0.6) is 0 Å². The summed E-state index contributed by atoms with van der Waals surface area (Å²) in [5.74, 6) is -0.172. The molecule has 1 fully saturated rings. The van der Waals surface area contributed by atoms with Crippen LogP contribution in [0.1, 0.15) is 11.1 Å². The molecule has 2 aliphatic heterocycles. The molecule has 2 aromatic rings. The third-order valence-electron chi connectivity index (χ3n) is 4.66. The van der Waals surface area contributed by atoms with Crippen LogP contribution in [-0.2, 0) is 11.3 Å². The first-order valence-corrected chi connectivity index (χ1v) is 8.13. The van der Waals surface area contributed by atoms with Crippen LogP contribution in [0, 0.1) is 5.92 Å². The Morgan fingerprint density at radius 1 is 1.08 bits per heavy atom. The summed E-state index contributed by atoms with van der Waals surface area (Å²) in [5, 5.41) is 6.31. The Morgan fingerprint density at radius 3 is 2.54 bits per heavy atom. The fourth-order valence-electron chi connectivity index (χ4n) is 3.42. The molecule has 0 radical (unpaired) electrons. The van der Waals surface area contributed by atoms with Crippen molar-refractivity contribution >= 4 is 17.2 Å². The van der Waals surface area contributed by atoms with Gasteiger partial charge in [-0.3, -0.25) is 10.1 Å². The van der Waals surface area contributed by atoms with Gasteiger partial charge in [0.05, 0.1) is 12.6 Å². The van der Waals surface area contributed by atoms with Crippen LogP contribution in [0.3, 0.4) is 0 Å². The normalized spacial score (nSPS) is 22.8. The van der Waals surface area contributed by atoms with Gasteiger partial charge in [0.2, 0.25) is 5.91 Å². The molecule has 1 amide bonds. The van der Waals surface area contributed by atoms with Crippen molar-refractivity contribution in [3.63, 3.8) is 0 Å². The smallest absolute Gasteiger partial charge is 0.232 e. The van der Waals surface area contributed by atoms with Gasteiger partial charge in [0.1, 0.15) is 6.17 Å². The summed E-state index contributed by atoms with van der Waals surface area (Å²) in [6.45, 7) is 1.00. The highest BCUT2D eigenvalue weighted by Crippen LogP contribution is 2.38. The largest absolute Gasteiger partial charge is 0.343 e. The van der Waals surface area contributed by atoms with Gasteiger partial charge in [-0.2, -0.15) is 0 Å². The van der Waals surface area contributed by atoms with E-state index in [-0.39, 0.29) is 18.0 Å². The van der Waals surface area contributed by atoms with Crippen molar-refractivity contribution in [3.8, 4) is 0 Å². The Labute approximate surface area is 141 Å². The number of carbonyl (C=O) groups is 1. The number of hydrogen-bond donors (Lipinski definition) is 3. The Balaban J connectivity index is 1.76. The van der Waals surface area contributed by atoms with E-state index in [9.17, 15) is 4.79 Å². The molecule has 0 bridgehead atoms. The number of hydrogen-bond acceptors (Lipinski definition) is 4. The predicted molar refractivity (Wildman–Crippen MR) is 94.7 cm³/mol. The lowest BCUT2D eigenvalue weighted by Crippen LogP contribution is -2.58. The van der Waals surface area contributed by atoms with E-state index in [0.717, 1.165) is 22.4 Å². The lowest BCUT2D eigenvalue weighted by Gasteiger charge is -2.34. The second-order valence-corrected chi connectivity index (χ2v) is 6.07. The topological polar surface area (TPSA) is 70.4 Å². The van der Waals surface area contributed by atoms with Crippen molar-refractivity contribution in [2.45, 2.75) is 12.7 Å². The highest BCUT2D eigenvalue weighted by molar-refractivity contribution is 5.96. The number of fused-ring (bicyclic) bond motifs is 1. The first-order valence-electron chi connectivity index (χ1n) is 8.13. The maximum Gasteiger partial charge on any atom is 0.232 e. The van der Waals surface area contributed by atoms with Crippen LogP contribution in [-0.4, -0.2) is 18.7 Å². The molecular formula is C19H20N4O. The number of nitrogens with zero attached hydrogens (tertiary/aromatic N) is 1. The van der Waals surface area contributed by atoms with Gasteiger partial charge < -0.3 is 16.0 Å². The summed E-state index contributed by atoms with van der Waals surface area (Å²) in [7, 11) is 0. The average Bonchev–Trinajstić information content (AvgIpc) is 3.04. The SMILES string of the molecule is NCc1ccc(C2=CN(c3ccccc3)C3NCNC(=O)C23)cc1. The molecule has 4 N–H and O–H groups in total. The minimum Gasteiger partial charge on any atom is -0.343 e. The van der Waals surface area contributed by atoms with E-state index >= 15 is 0 Å². The number of amides is 1. The molecular weight excluding hydrogens is 300 g/mol. The van der Waals surface area contributed by atoms with E-state index in [1.54, 1.807) is 0 Å². The lowest BCUT2D eigenvalue weighted by molar-refractivity contribution is -0.125. The van der Waals surface area contributed by atoms with Crippen LogP contribution in [0.25, 0.3) is 5.57 Å². The molecule has 0 aromatic heterocycles. The number of rotatable bonds is 3. The highest BCUT2D eigenvalue weighted by Gasteiger charge is 2.43. The van der Waals surface area contributed by atoms with Gasteiger partial charge in [-0.1, -0.05) is 42.5 Å². The van der Waals surface area contributed by atoms with Crippen molar-refractivity contribution in [2.24, 2.45) is 11.7 Å². The van der Waals surface area contributed by atoms with Gasteiger partial charge in [0.25, 0.3) is 0 Å². The van der Waals surface area contributed by atoms with Gasteiger partial charge >= 0.3 is 0 Å². The Kier molecular flexibility index (Phi) is 3.80.